The van der Waals surface area contributed by atoms with Crippen molar-refractivity contribution in [3.05, 3.63) is 41.3 Å². The van der Waals surface area contributed by atoms with Gasteiger partial charge in [0, 0.05) is 6.21 Å². The topological polar surface area (TPSA) is 107 Å². The maximum atomic E-state index is 12.8. The molecule has 0 aromatic heterocycles. The highest BCUT2D eigenvalue weighted by Crippen LogP contribution is 2.26. The molecule has 11 heteroatoms. The van der Waals surface area contributed by atoms with Gasteiger partial charge in [0.15, 0.2) is 5.82 Å². The first-order valence-corrected chi connectivity index (χ1v) is 8.63. The van der Waals surface area contributed by atoms with Gasteiger partial charge in [-0.3, -0.25) is 9.69 Å². The number of amides is 3. The minimum Gasteiger partial charge on any atom is -0.406 e. The lowest BCUT2D eigenvalue weighted by atomic mass is 10.0. The zero-order valence-electron chi connectivity index (χ0n) is 15.0. The Morgan fingerprint density at radius 3 is 2.76 bits per heavy atom. The van der Waals surface area contributed by atoms with Crippen LogP contribution in [0.3, 0.4) is 0 Å². The van der Waals surface area contributed by atoms with Crippen molar-refractivity contribution in [2.45, 2.75) is 31.7 Å². The first-order valence-electron chi connectivity index (χ1n) is 8.63. The van der Waals surface area contributed by atoms with Crippen molar-refractivity contribution in [3.63, 3.8) is 0 Å². The van der Waals surface area contributed by atoms with Gasteiger partial charge in [-0.05, 0) is 30.5 Å². The van der Waals surface area contributed by atoms with Crippen molar-refractivity contribution in [2.24, 2.45) is 4.99 Å². The van der Waals surface area contributed by atoms with E-state index in [1.54, 1.807) is 6.21 Å². The number of nitrogens with zero attached hydrogens (tertiary/aromatic N) is 3. The van der Waals surface area contributed by atoms with Crippen LogP contribution in [0.4, 0.5) is 18.0 Å². The van der Waals surface area contributed by atoms with Crippen LogP contribution in [-0.2, 0) is 4.79 Å². The molecule has 3 rings (SSSR count). The van der Waals surface area contributed by atoms with Gasteiger partial charge < -0.3 is 15.4 Å². The molecule has 152 valence electrons. The molecule has 0 aliphatic carbocycles. The van der Waals surface area contributed by atoms with Gasteiger partial charge in [0.05, 0.1) is 24.2 Å². The Morgan fingerprint density at radius 2 is 2.10 bits per heavy atom. The van der Waals surface area contributed by atoms with Gasteiger partial charge in [-0.25, -0.2) is 9.79 Å². The summed E-state index contributed by atoms with van der Waals surface area (Å²) >= 11 is 0. The summed E-state index contributed by atoms with van der Waals surface area (Å²) in [6.45, 7) is -0.236. The smallest absolute Gasteiger partial charge is 0.406 e. The molecule has 2 aliphatic heterocycles. The molecule has 1 aromatic rings. The van der Waals surface area contributed by atoms with Gasteiger partial charge in [-0.1, -0.05) is 12.1 Å². The Kier molecular flexibility index (Phi) is 5.72. The molecule has 2 aliphatic rings. The molecule has 0 fully saturated rings. The highest BCUT2D eigenvalue weighted by Gasteiger charge is 2.32. The van der Waals surface area contributed by atoms with Gasteiger partial charge in [-0.15, -0.1) is 13.2 Å². The fourth-order valence-electron chi connectivity index (χ4n) is 2.97. The number of carbonyl (C=O) groups excluding carboxylic acids is 2. The molecule has 29 heavy (non-hydrogen) atoms. The van der Waals surface area contributed by atoms with E-state index in [0.29, 0.717) is 29.9 Å². The van der Waals surface area contributed by atoms with E-state index in [0.717, 1.165) is 12.1 Å². The Labute approximate surface area is 163 Å². The number of nitriles is 1. The predicted octanol–water partition coefficient (Wildman–Crippen LogP) is 2.72. The van der Waals surface area contributed by atoms with E-state index in [9.17, 15) is 22.8 Å². The van der Waals surface area contributed by atoms with Crippen molar-refractivity contribution >= 4 is 18.2 Å². The number of halogens is 3. The van der Waals surface area contributed by atoms with E-state index in [2.05, 4.69) is 20.4 Å². The van der Waals surface area contributed by atoms with Crippen molar-refractivity contribution in [1.29, 1.82) is 5.26 Å². The van der Waals surface area contributed by atoms with Gasteiger partial charge in [0.2, 0.25) is 5.91 Å². The van der Waals surface area contributed by atoms with E-state index >= 15 is 0 Å². The van der Waals surface area contributed by atoms with Crippen LogP contribution >= 0.6 is 0 Å². The molecule has 1 aromatic carbocycles. The summed E-state index contributed by atoms with van der Waals surface area (Å²) in [5.74, 6) is -0.443. The van der Waals surface area contributed by atoms with Crippen LogP contribution in [0.2, 0.25) is 0 Å². The summed E-state index contributed by atoms with van der Waals surface area (Å²) in [5, 5.41) is 14.4. The third-order valence-corrected chi connectivity index (χ3v) is 4.21. The van der Waals surface area contributed by atoms with Gasteiger partial charge in [0.25, 0.3) is 0 Å². The molecule has 1 unspecified atom stereocenters. The standard InChI is InChI=1S/C18H16F3N5O3/c19-18(20,21)29-12-5-3-11(4-6-12)13(7-8-22)25-17(28)26-10-15(27)24-14-2-1-9-23-16(14)26/h3-6,9,13H,1-2,7,10H2,(H,24,27)(H,25,28). The molecular formula is C18H16F3N5O3. The quantitative estimate of drug-likeness (QED) is 0.800. The van der Waals surface area contributed by atoms with Crippen LogP contribution in [0.15, 0.2) is 40.8 Å². The Hall–Kier alpha value is -3.55. The first kappa shape index (κ1) is 20.2. The zero-order valence-corrected chi connectivity index (χ0v) is 15.0. The molecule has 2 heterocycles. The molecule has 0 saturated heterocycles. The number of carbonyl (C=O) groups is 2. The van der Waals surface area contributed by atoms with Crippen molar-refractivity contribution in [3.8, 4) is 11.8 Å². The summed E-state index contributed by atoms with van der Waals surface area (Å²) < 4.78 is 40.7. The van der Waals surface area contributed by atoms with Crippen LogP contribution in [0, 0.1) is 11.3 Å². The second-order valence-corrected chi connectivity index (χ2v) is 6.27. The minimum atomic E-state index is -4.82. The molecule has 3 amide bonds. The number of alkyl halides is 3. The summed E-state index contributed by atoms with van der Waals surface area (Å²) in [4.78, 5) is 30.0. The maximum Gasteiger partial charge on any atom is 0.573 e. The largest absolute Gasteiger partial charge is 0.573 e. The normalized spacial score (nSPS) is 17.2. The lowest BCUT2D eigenvalue weighted by Gasteiger charge is -2.32. The Morgan fingerprint density at radius 1 is 1.38 bits per heavy atom. The summed E-state index contributed by atoms with van der Waals surface area (Å²) in [6.07, 6.45) is -2.12. The van der Waals surface area contributed by atoms with E-state index in [4.69, 9.17) is 5.26 Å². The SMILES string of the molecule is N#CCC(NC(=O)N1CC(=O)NC2=C1N=CCC2)c1ccc(OC(F)(F)F)cc1. The van der Waals surface area contributed by atoms with Crippen molar-refractivity contribution in [1.82, 2.24) is 15.5 Å². The number of urea groups is 1. The average Bonchev–Trinajstić information content (AvgIpc) is 2.66. The zero-order chi connectivity index (χ0) is 21.0. The number of nitrogens with one attached hydrogen (secondary N) is 2. The third-order valence-electron chi connectivity index (χ3n) is 4.21. The molecule has 0 radical (unpaired) electrons. The lowest BCUT2D eigenvalue weighted by molar-refractivity contribution is -0.274. The molecule has 1 atom stereocenters. The maximum absolute atomic E-state index is 12.8. The van der Waals surface area contributed by atoms with Crippen LogP contribution in [0.25, 0.3) is 0 Å². The molecule has 0 saturated carbocycles. The lowest BCUT2D eigenvalue weighted by Crippen LogP contribution is -2.50. The molecular weight excluding hydrogens is 391 g/mol. The second-order valence-electron chi connectivity index (χ2n) is 6.27. The number of allylic oxidation sites excluding steroid dienone is 1. The van der Waals surface area contributed by atoms with Crippen molar-refractivity contribution < 1.29 is 27.5 Å². The van der Waals surface area contributed by atoms with Crippen LogP contribution in [0.1, 0.15) is 30.9 Å². The van der Waals surface area contributed by atoms with Crippen LogP contribution < -0.4 is 15.4 Å². The molecule has 0 spiro atoms. The highest BCUT2D eigenvalue weighted by molar-refractivity contribution is 5.89. The Balaban J connectivity index is 1.76. The summed E-state index contributed by atoms with van der Waals surface area (Å²) in [6, 6.07) is 5.35. The molecule has 2 N–H and O–H groups in total. The van der Waals surface area contributed by atoms with E-state index in [1.165, 1.54) is 17.0 Å². The number of aliphatic imine (C=N–C) groups is 1. The fourth-order valence-corrected chi connectivity index (χ4v) is 2.97. The second kappa shape index (κ2) is 8.22. The van der Waals surface area contributed by atoms with Crippen molar-refractivity contribution in [2.75, 3.05) is 6.54 Å². The third kappa shape index (κ3) is 5.04. The number of benzene rings is 1. The fraction of sp³-hybridized carbons (Fsp3) is 0.333. The average molecular weight is 407 g/mol. The van der Waals surface area contributed by atoms with Gasteiger partial charge in [0.1, 0.15) is 12.3 Å². The van der Waals surface area contributed by atoms with E-state index < -0.39 is 24.2 Å². The molecule has 0 bridgehead atoms. The highest BCUT2D eigenvalue weighted by atomic mass is 19.4. The monoisotopic (exact) mass is 407 g/mol. The number of ether oxygens (including phenoxy) is 1. The summed E-state index contributed by atoms with van der Waals surface area (Å²) in [5.41, 5.74) is 0.960. The predicted molar refractivity (Wildman–Crippen MR) is 94.2 cm³/mol. The number of hydrogen-bond acceptors (Lipinski definition) is 5. The van der Waals surface area contributed by atoms with Gasteiger partial charge >= 0.3 is 12.4 Å². The van der Waals surface area contributed by atoms with E-state index in [-0.39, 0.29) is 18.9 Å². The number of hydrogen-bond donors (Lipinski definition) is 2. The van der Waals surface area contributed by atoms with Crippen LogP contribution in [0.5, 0.6) is 5.75 Å². The summed E-state index contributed by atoms with van der Waals surface area (Å²) in [7, 11) is 0. The number of rotatable bonds is 4. The van der Waals surface area contributed by atoms with E-state index in [1.807, 2.05) is 6.07 Å². The first-order chi connectivity index (χ1) is 13.8. The van der Waals surface area contributed by atoms with Gasteiger partial charge in [-0.2, -0.15) is 5.26 Å². The molecule has 8 nitrogen and oxygen atoms in total. The minimum absolute atomic E-state index is 0.125. The Bertz CT molecular complexity index is 903. The van der Waals surface area contributed by atoms with Crippen LogP contribution in [-0.4, -0.2) is 36.0 Å².